The van der Waals surface area contributed by atoms with Gasteiger partial charge in [-0.3, -0.25) is 0 Å². The Kier molecular flexibility index (Phi) is 4.69. The Morgan fingerprint density at radius 1 is 1.17 bits per heavy atom. The molecular formula is C20H25NOS. The minimum absolute atomic E-state index is 0.0950. The molecule has 0 spiro atoms. The summed E-state index contributed by atoms with van der Waals surface area (Å²) in [6, 6.07) is 16.4. The molecule has 3 rings (SSSR count). The molecule has 0 bridgehead atoms. The van der Waals surface area contributed by atoms with Crippen LogP contribution in [0.25, 0.3) is 0 Å². The third kappa shape index (κ3) is 3.41. The van der Waals surface area contributed by atoms with Crippen LogP contribution in [0.4, 0.5) is 0 Å². The molecule has 2 aromatic rings. The molecule has 2 nitrogen and oxygen atoms in total. The van der Waals surface area contributed by atoms with Gasteiger partial charge >= 0.3 is 0 Å². The second kappa shape index (κ2) is 6.58. The van der Waals surface area contributed by atoms with E-state index < -0.39 is 0 Å². The number of hydrogen-bond acceptors (Lipinski definition) is 3. The Bertz CT molecular complexity index is 669. The van der Waals surface area contributed by atoms with Crippen molar-refractivity contribution in [1.82, 2.24) is 0 Å². The average molecular weight is 327 g/mol. The zero-order chi connectivity index (χ0) is 16.4. The summed E-state index contributed by atoms with van der Waals surface area (Å²) in [6.07, 6.45) is 2.07. The summed E-state index contributed by atoms with van der Waals surface area (Å²) in [5.74, 6) is 1.42. The van der Waals surface area contributed by atoms with Crippen LogP contribution < -0.4 is 5.73 Å². The number of phenols is 1. The minimum Gasteiger partial charge on any atom is -0.508 e. The number of benzene rings is 2. The van der Waals surface area contributed by atoms with Crippen LogP contribution in [0.2, 0.25) is 0 Å². The van der Waals surface area contributed by atoms with Crippen LogP contribution in [-0.2, 0) is 18.3 Å². The highest BCUT2D eigenvalue weighted by molar-refractivity contribution is 7.99. The largest absolute Gasteiger partial charge is 0.508 e. The molecule has 0 saturated carbocycles. The summed E-state index contributed by atoms with van der Waals surface area (Å²) in [6.45, 7) is 4.39. The maximum absolute atomic E-state index is 9.79. The van der Waals surface area contributed by atoms with E-state index in [1.54, 1.807) is 6.07 Å². The molecule has 1 aliphatic carbocycles. The smallest absolute Gasteiger partial charge is 0.115 e. The van der Waals surface area contributed by atoms with Crippen molar-refractivity contribution in [2.75, 3.05) is 5.75 Å². The molecule has 2 aromatic carbocycles. The highest BCUT2D eigenvalue weighted by Gasteiger charge is 2.40. The van der Waals surface area contributed by atoms with Gasteiger partial charge < -0.3 is 10.8 Å². The maximum atomic E-state index is 9.79. The minimum atomic E-state index is -0.114. The number of aryl methyl sites for hydroxylation is 1. The van der Waals surface area contributed by atoms with Gasteiger partial charge in [0.1, 0.15) is 5.75 Å². The lowest BCUT2D eigenvalue weighted by Crippen LogP contribution is -2.52. The van der Waals surface area contributed by atoms with Crippen molar-refractivity contribution in [2.45, 2.75) is 43.4 Å². The first-order chi connectivity index (χ1) is 11.0. The second-order valence-corrected chi connectivity index (χ2v) is 8.28. The number of phenolic OH excluding ortho intramolecular Hbond substituents is 1. The van der Waals surface area contributed by atoms with Gasteiger partial charge in [-0.15, -0.1) is 0 Å². The molecule has 2 unspecified atom stereocenters. The molecule has 0 aromatic heterocycles. The van der Waals surface area contributed by atoms with Gasteiger partial charge in [0.05, 0.1) is 0 Å². The van der Waals surface area contributed by atoms with E-state index in [1.165, 1.54) is 16.7 Å². The normalized spacial score (nSPS) is 22.6. The average Bonchev–Trinajstić information content (AvgIpc) is 2.54. The Morgan fingerprint density at radius 2 is 1.91 bits per heavy atom. The van der Waals surface area contributed by atoms with Gasteiger partial charge in [-0.2, -0.15) is 11.8 Å². The molecule has 3 N–H and O–H groups in total. The first-order valence-electron chi connectivity index (χ1n) is 8.22. The highest BCUT2D eigenvalue weighted by Crippen LogP contribution is 2.41. The van der Waals surface area contributed by atoms with Gasteiger partial charge in [-0.05, 0) is 47.4 Å². The van der Waals surface area contributed by atoms with Crippen molar-refractivity contribution in [3.63, 3.8) is 0 Å². The van der Waals surface area contributed by atoms with Crippen LogP contribution in [0.5, 0.6) is 5.75 Å². The molecular weight excluding hydrogens is 302 g/mol. The summed E-state index contributed by atoms with van der Waals surface area (Å²) < 4.78 is 0. The Hall–Kier alpha value is -1.45. The van der Waals surface area contributed by atoms with Crippen molar-refractivity contribution >= 4 is 11.8 Å². The number of rotatable bonds is 4. The molecule has 2 atom stereocenters. The standard InChI is InChI=1S/C20H25NOS/c1-20(2)17-13-16(22)9-8-15(17)12-18(19(20)21)23-11-10-14-6-4-3-5-7-14/h3-9,13,18-19,22H,10-12,21H2,1-2H3. The van der Waals surface area contributed by atoms with Crippen LogP contribution >= 0.6 is 11.8 Å². The van der Waals surface area contributed by atoms with Crippen LogP contribution in [0, 0.1) is 0 Å². The van der Waals surface area contributed by atoms with Crippen molar-refractivity contribution in [1.29, 1.82) is 0 Å². The fraction of sp³-hybridized carbons (Fsp3) is 0.400. The van der Waals surface area contributed by atoms with Crippen molar-refractivity contribution in [3.8, 4) is 5.75 Å². The van der Waals surface area contributed by atoms with Gasteiger partial charge in [-0.25, -0.2) is 0 Å². The lowest BCUT2D eigenvalue weighted by atomic mass is 9.69. The molecule has 0 radical (unpaired) electrons. The van der Waals surface area contributed by atoms with Crippen LogP contribution in [0.1, 0.15) is 30.5 Å². The Morgan fingerprint density at radius 3 is 2.65 bits per heavy atom. The fourth-order valence-electron chi connectivity index (χ4n) is 3.47. The van der Waals surface area contributed by atoms with E-state index in [9.17, 15) is 5.11 Å². The van der Waals surface area contributed by atoms with Gasteiger partial charge in [0.15, 0.2) is 0 Å². The molecule has 1 aliphatic rings. The van der Waals surface area contributed by atoms with E-state index in [1.807, 2.05) is 17.8 Å². The van der Waals surface area contributed by atoms with Gasteiger partial charge in [-0.1, -0.05) is 50.2 Å². The van der Waals surface area contributed by atoms with E-state index in [-0.39, 0.29) is 11.5 Å². The zero-order valence-corrected chi connectivity index (χ0v) is 14.6. The number of thioether (sulfide) groups is 1. The predicted molar refractivity (Wildman–Crippen MR) is 99.2 cm³/mol. The molecule has 3 heteroatoms. The van der Waals surface area contributed by atoms with Gasteiger partial charge in [0, 0.05) is 16.7 Å². The van der Waals surface area contributed by atoms with Crippen molar-refractivity contribution in [2.24, 2.45) is 5.73 Å². The molecule has 23 heavy (non-hydrogen) atoms. The SMILES string of the molecule is CC1(C)c2cc(O)ccc2CC(SCCc2ccccc2)C1N. The number of nitrogens with two attached hydrogens (primary N) is 1. The topological polar surface area (TPSA) is 46.2 Å². The third-order valence-electron chi connectivity index (χ3n) is 5.01. The first kappa shape index (κ1) is 16.4. The molecule has 0 amide bonds. The van der Waals surface area contributed by atoms with Crippen LogP contribution in [0.15, 0.2) is 48.5 Å². The molecule has 0 fully saturated rings. The summed E-state index contributed by atoms with van der Waals surface area (Å²) in [7, 11) is 0. The van der Waals surface area contributed by atoms with Crippen LogP contribution in [0.3, 0.4) is 0 Å². The quantitative estimate of drug-likeness (QED) is 0.895. The van der Waals surface area contributed by atoms with Gasteiger partial charge in [0.2, 0.25) is 0 Å². The predicted octanol–water partition coefficient (Wildman–Crippen LogP) is 3.90. The second-order valence-electron chi connectivity index (χ2n) is 6.94. The summed E-state index contributed by atoms with van der Waals surface area (Å²) >= 11 is 1.98. The molecule has 0 heterocycles. The molecule has 0 aliphatic heterocycles. The number of aromatic hydroxyl groups is 1. The summed E-state index contributed by atoms with van der Waals surface area (Å²) in [5.41, 5.74) is 10.4. The zero-order valence-electron chi connectivity index (χ0n) is 13.8. The maximum Gasteiger partial charge on any atom is 0.115 e. The monoisotopic (exact) mass is 327 g/mol. The number of fused-ring (bicyclic) bond motifs is 1. The lowest BCUT2D eigenvalue weighted by Gasteiger charge is -2.43. The van der Waals surface area contributed by atoms with E-state index in [4.69, 9.17) is 5.73 Å². The van der Waals surface area contributed by atoms with Crippen LogP contribution in [-0.4, -0.2) is 22.2 Å². The van der Waals surface area contributed by atoms with E-state index in [2.05, 4.69) is 50.2 Å². The van der Waals surface area contributed by atoms with E-state index >= 15 is 0 Å². The highest BCUT2D eigenvalue weighted by atomic mass is 32.2. The third-order valence-corrected chi connectivity index (χ3v) is 6.34. The molecule has 122 valence electrons. The van der Waals surface area contributed by atoms with Gasteiger partial charge in [0.25, 0.3) is 0 Å². The van der Waals surface area contributed by atoms with E-state index in [0.717, 1.165) is 18.6 Å². The molecule has 0 saturated heterocycles. The Balaban J connectivity index is 1.71. The first-order valence-corrected chi connectivity index (χ1v) is 9.27. The van der Waals surface area contributed by atoms with E-state index in [0.29, 0.717) is 11.0 Å². The summed E-state index contributed by atoms with van der Waals surface area (Å²) in [4.78, 5) is 0. The Labute approximate surface area is 143 Å². The van der Waals surface area contributed by atoms with Crippen molar-refractivity contribution in [3.05, 3.63) is 65.2 Å². The number of hydrogen-bond donors (Lipinski definition) is 2. The summed E-state index contributed by atoms with van der Waals surface area (Å²) in [5, 5.41) is 10.2. The lowest BCUT2D eigenvalue weighted by molar-refractivity contribution is 0.369. The van der Waals surface area contributed by atoms with Crippen molar-refractivity contribution < 1.29 is 5.11 Å². The fourth-order valence-corrected chi connectivity index (χ4v) is 4.97.